The first-order valence-electron chi connectivity index (χ1n) is 14.6. The Hall–Kier alpha value is -1.70. The highest BCUT2D eigenvalue weighted by molar-refractivity contribution is 7.90. The summed E-state index contributed by atoms with van der Waals surface area (Å²) < 4.78 is 26.0. The van der Waals surface area contributed by atoms with Crippen molar-refractivity contribution in [3.05, 3.63) is 36.3 Å². The number of likely N-dealkylation sites (tertiary alicyclic amines) is 1. The molecule has 3 fully saturated rings. The molecule has 1 aromatic heterocycles. The van der Waals surface area contributed by atoms with Crippen molar-refractivity contribution in [1.29, 1.82) is 0 Å². The molecule has 202 valence electrons. The van der Waals surface area contributed by atoms with E-state index in [-0.39, 0.29) is 0 Å². The van der Waals surface area contributed by atoms with E-state index in [0.29, 0.717) is 4.90 Å². The molecule has 6 rings (SSSR count). The van der Waals surface area contributed by atoms with E-state index in [1.54, 1.807) is 12.1 Å². The lowest BCUT2D eigenvalue weighted by Crippen LogP contribution is -2.53. The quantitative estimate of drug-likeness (QED) is 0.539. The van der Waals surface area contributed by atoms with Crippen LogP contribution in [0.4, 0.5) is 0 Å². The Labute approximate surface area is 223 Å². The number of rotatable bonds is 6. The van der Waals surface area contributed by atoms with Gasteiger partial charge in [-0.25, -0.2) is 13.4 Å². The van der Waals surface area contributed by atoms with E-state index in [4.69, 9.17) is 4.98 Å². The van der Waals surface area contributed by atoms with Crippen molar-refractivity contribution >= 4 is 9.84 Å². The third kappa shape index (κ3) is 5.28. The van der Waals surface area contributed by atoms with Crippen LogP contribution in [0.25, 0.3) is 11.3 Å². The second-order valence-corrected chi connectivity index (χ2v) is 14.8. The average molecular weight is 525 g/mol. The largest absolute Gasteiger partial charge is 0.334 e. The van der Waals surface area contributed by atoms with Crippen molar-refractivity contribution in [2.45, 2.75) is 94.8 Å². The fourth-order valence-corrected chi connectivity index (χ4v) is 8.52. The Balaban J connectivity index is 1.04. The lowest BCUT2D eigenvalue weighted by atomic mass is 9.79. The average Bonchev–Trinajstić information content (AvgIpc) is 3.39. The molecule has 0 spiro atoms. The first-order valence-corrected chi connectivity index (χ1v) is 16.5. The highest BCUT2D eigenvalue weighted by atomic mass is 32.2. The molecule has 2 unspecified atom stereocenters. The number of nitrogens with zero attached hydrogens (tertiary/aromatic N) is 4. The lowest BCUT2D eigenvalue weighted by molar-refractivity contribution is 0.0263. The van der Waals surface area contributed by atoms with Crippen LogP contribution >= 0.6 is 0 Å². The number of hydrogen-bond acceptors (Lipinski definition) is 5. The maximum atomic E-state index is 11.8. The number of fused-ring (bicyclic) bond motifs is 3. The molecule has 0 saturated carbocycles. The smallest absolute Gasteiger partial charge is 0.175 e. The maximum absolute atomic E-state index is 11.8. The number of hydrogen-bond donors (Lipinski definition) is 0. The zero-order chi connectivity index (χ0) is 25.7. The Morgan fingerprint density at radius 3 is 2.22 bits per heavy atom. The van der Waals surface area contributed by atoms with E-state index in [1.807, 2.05) is 12.1 Å². The molecule has 7 heteroatoms. The zero-order valence-electron chi connectivity index (χ0n) is 22.8. The van der Waals surface area contributed by atoms with Gasteiger partial charge in [0.25, 0.3) is 0 Å². The molecular weight excluding hydrogens is 480 g/mol. The van der Waals surface area contributed by atoms with Crippen LogP contribution in [0.15, 0.2) is 35.4 Å². The summed E-state index contributed by atoms with van der Waals surface area (Å²) >= 11 is 0. The van der Waals surface area contributed by atoms with E-state index < -0.39 is 9.84 Å². The van der Waals surface area contributed by atoms with Gasteiger partial charge in [-0.3, -0.25) is 4.90 Å². The predicted octanol–water partition coefficient (Wildman–Crippen LogP) is 4.88. The highest BCUT2D eigenvalue weighted by Crippen LogP contribution is 2.40. The van der Waals surface area contributed by atoms with Crippen LogP contribution in [-0.2, 0) is 22.8 Å². The number of piperidine rings is 2. The van der Waals surface area contributed by atoms with Gasteiger partial charge < -0.3 is 9.47 Å². The molecule has 5 heterocycles. The topological polar surface area (TPSA) is 58.4 Å². The molecule has 0 radical (unpaired) electrons. The van der Waals surface area contributed by atoms with Gasteiger partial charge >= 0.3 is 0 Å². The van der Waals surface area contributed by atoms with Crippen LogP contribution in [0.3, 0.4) is 0 Å². The number of imidazole rings is 1. The van der Waals surface area contributed by atoms with Crippen molar-refractivity contribution in [3.63, 3.8) is 0 Å². The molecule has 1 aromatic carbocycles. The van der Waals surface area contributed by atoms with E-state index in [2.05, 4.69) is 34.4 Å². The third-order valence-corrected chi connectivity index (χ3v) is 10.9. The van der Waals surface area contributed by atoms with Gasteiger partial charge in [-0.2, -0.15) is 0 Å². The minimum atomic E-state index is -3.18. The van der Waals surface area contributed by atoms with Crippen LogP contribution in [0, 0.1) is 17.8 Å². The molecule has 2 bridgehead atoms. The zero-order valence-corrected chi connectivity index (χ0v) is 23.7. The van der Waals surface area contributed by atoms with Crippen LogP contribution in [0.5, 0.6) is 0 Å². The summed E-state index contributed by atoms with van der Waals surface area (Å²) in [5.74, 6) is 3.52. The molecule has 0 N–H and O–H groups in total. The summed E-state index contributed by atoms with van der Waals surface area (Å²) in [7, 11) is -3.18. The van der Waals surface area contributed by atoms with Gasteiger partial charge in [0.15, 0.2) is 9.84 Å². The van der Waals surface area contributed by atoms with Crippen molar-refractivity contribution in [3.8, 4) is 11.3 Å². The van der Waals surface area contributed by atoms with Gasteiger partial charge in [0, 0.05) is 55.7 Å². The number of aromatic nitrogens is 2. The fraction of sp³-hybridized carbons (Fsp3) is 0.700. The Morgan fingerprint density at radius 1 is 0.919 bits per heavy atom. The summed E-state index contributed by atoms with van der Waals surface area (Å²) in [5, 5.41) is 0. The Kier molecular flexibility index (Phi) is 7.00. The second-order valence-electron chi connectivity index (χ2n) is 12.8. The molecule has 37 heavy (non-hydrogen) atoms. The summed E-state index contributed by atoms with van der Waals surface area (Å²) in [5.41, 5.74) is 1.96. The minimum Gasteiger partial charge on any atom is -0.334 e. The van der Waals surface area contributed by atoms with E-state index in [0.717, 1.165) is 60.1 Å². The number of sulfone groups is 1. The molecule has 0 amide bonds. The molecule has 3 saturated heterocycles. The van der Waals surface area contributed by atoms with Gasteiger partial charge in [-0.05, 0) is 87.9 Å². The van der Waals surface area contributed by atoms with Crippen molar-refractivity contribution in [1.82, 2.24) is 19.4 Å². The Bertz CT molecular complexity index is 1180. The van der Waals surface area contributed by atoms with Crippen LogP contribution < -0.4 is 0 Å². The predicted molar refractivity (Wildman–Crippen MR) is 148 cm³/mol. The van der Waals surface area contributed by atoms with Gasteiger partial charge in [-0.15, -0.1) is 0 Å². The minimum absolute atomic E-state index is 0.361. The summed E-state index contributed by atoms with van der Waals surface area (Å²) in [6, 6.07) is 9.63. The van der Waals surface area contributed by atoms with E-state index in [1.165, 1.54) is 76.7 Å². The number of aryl methyl sites for hydroxylation is 1. The first kappa shape index (κ1) is 25.6. The summed E-state index contributed by atoms with van der Waals surface area (Å²) in [6.07, 6.45) is 14.0. The summed E-state index contributed by atoms with van der Waals surface area (Å²) in [4.78, 5) is 11.0. The normalized spacial score (nSPS) is 29.6. The monoisotopic (exact) mass is 524 g/mol. The second kappa shape index (κ2) is 10.1. The fourth-order valence-electron chi connectivity index (χ4n) is 7.89. The maximum Gasteiger partial charge on any atom is 0.175 e. The highest BCUT2D eigenvalue weighted by Gasteiger charge is 2.43. The van der Waals surface area contributed by atoms with Gasteiger partial charge in [0.05, 0.1) is 10.6 Å². The van der Waals surface area contributed by atoms with E-state index in [9.17, 15) is 8.42 Å². The number of benzene rings is 1. The standard InChI is InChI=1S/C30H44N4O2S/c1-21(2)18-34-25-7-8-26(34)17-27(16-25)32-14-12-22(13-15-32)24-6-11-30-31-29(20-33(30)19-24)23-4-9-28(10-5-23)37(3,35)36/h4-5,9-10,20-22,24-27H,6-8,11-19H2,1-3H3/t24-,25?,26?,27?/m1/s1. The summed E-state index contributed by atoms with van der Waals surface area (Å²) in [6.45, 7) is 9.66. The van der Waals surface area contributed by atoms with Crippen molar-refractivity contribution in [2.75, 3.05) is 25.9 Å². The van der Waals surface area contributed by atoms with Gasteiger partial charge in [-0.1, -0.05) is 26.0 Å². The van der Waals surface area contributed by atoms with Crippen molar-refractivity contribution in [2.24, 2.45) is 17.8 Å². The van der Waals surface area contributed by atoms with Crippen LogP contribution in [0.2, 0.25) is 0 Å². The molecule has 6 nitrogen and oxygen atoms in total. The Morgan fingerprint density at radius 2 is 1.59 bits per heavy atom. The first-order chi connectivity index (χ1) is 17.7. The molecule has 4 aliphatic rings. The third-order valence-electron chi connectivity index (χ3n) is 9.80. The van der Waals surface area contributed by atoms with E-state index >= 15 is 0 Å². The molecule has 4 aliphatic heterocycles. The van der Waals surface area contributed by atoms with Gasteiger partial charge in [0.1, 0.15) is 5.82 Å². The van der Waals surface area contributed by atoms with Gasteiger partial charge in [0.2, 0.25) is 0 Å². The molecular formula is C30H44N4O2S. The molecule has 3 atom stereocenters. The van der Waals surface area contributed by atoms with Crippen LogP contribution in [0.1, 0.15) is 64.6 Å². The SMILES string of the molecule is CC(C)CN1C2CCC1CC(N1CCC([C@@H]3CCc4nc(-c5ccc(S(C)(=O)=O)cc5)cn4C3)CC1)C2. The van der Waals surface area contributed by atoms with Crippen LogP contribution in [-0.4, -0.2) is 71.8 Å². The molecule has 2 aromatic rings. The van der Waals surface area contributed by atoms with Crippen molar-refractivity contribution < 1.29 is 8.42 Å². The molecule has 0 aliphatic carbocycles. The lowest BCUT2D eigenvalue weighted by Gasteiger charge is -2.46.